The Kier molecular flexibility index (Phi) is 9.53. The molecular formula is C18H28N2O4. The molecule has 6 heteroatoms. The first-order valence-electron chi connectivity index (χ1n) is 8.32. The molecule has 6 nitrogen and oxygen atoms in total. The van der Waals surface area contributed by atoms with Crippen molar-refractivity contribution in [1.29, 1.82) is 0 Å². The smallest absolute Gasteiger partial charge is 0.408 e. The van der Waals surface area contributed by atoms with E-state index in [1.165, 1.54) is 0 Å². The second-order valence-electron chi connectivity index (χ2n) is 5.71. The van der Waals surface area contributed by atoms with E-state index in [-0.39, 0.29) is 18.4 Å². The summed E-state index contributed by atoms with van der Waals surface area (Å²) < 4.78 is 10.1. The fraction of sp³-hybridized carbons (Fsp3) is 0.556. The first-order valence-corrected chi connectivity index (χ1v) is 8.32. The lowest BCUT2D eigenvalue weighted by atomic mass is 9.98. The molecule has 2 atom stereocenters. The molecule has 0 unspecified atom stereocenters. The summed E-state index contributed by atoms with van der Waals surface area (Å²) in [6.45, 7) is 5.18. The van der Waals surface area contributed by atoms with E-state index in [1.54, 1.807) is 7.11 Å². The molecule has 0 heterocycles. The maximum atomic E-state index is 12.3. The van der Waals surface area contributed by atoms with Gasteiger partial charge in [-0.05, 0) is 17.9 Å². The topological polar surface area (TPSA) is 76.7 Å². The Hall–Kier alpha value is -2.08. The monoisotopic (exact) mass is 336 g/mol. The van der Waals surface area contributed by atoms with Crippen molar-refractivity contribution in [2.45, 2.75) is 39.3 Å². The fourth-order valence-corrected chi connectivity index (χ4v) is 2.13. The summed E-state index contributed by atoms with van der Waals surface area (Å²) in [7, 11) is 1.62. The molecule has 0 saturated carbocycles. The number of hydrogen-bond donors (Lipinski definition) is 2. The molecule has 0 aliphatic heterocycles. The number of methoxy groups -OCH3 is 1. The van der Waals surface area contributed by atoms with Crippen molar-refractivity contribution in [2.24, 2.45) is 5.92 Å². The lowest BCUT2D eigenvalue weighted by Gasteiger charge is -2.23. The number of ether oxygens (including phenoxy) is 2. The van der Waals surface area contributed by atoms with Crippen LogP contribution in [0.5, 0.6) is 0 Å². The Balaban J connectivity index is 2.48. The SMILES string of the molecule is CC[C@H](C)[C@H](NC(=O)OCc1ccccc1)C(=O)NCCCOC. The molecule has 0 fully saturated rings. The third-order valence-electron chi connectivity index (χ3n) is 3.81. The number of carbonyl (C=O) groups excluding carboxylic acids is 2. The molecule has 0 aliphatic rings. The predicted octanol–water partition coefficient (Wildman–Crippen LogP) is 2.48. The molecule has 134 valence electrons. The minimum atomic E-state index is -0.610. The summed E-state index contributed by atoms with van der Waals surface area (Å²) in [5.41, 5.74) is 0.900. The average Bonchev–Trinajstić information content (AvgIpc) is 2.61. The maximum Gasteiger partial charge on any atom is 0.408 e. The molecule has 0 saturated heterocycles. The van der Waals surface area contributed by atoms with Gasteiger partial charge in [0.25, 0.3) is 0 Å². The third kappa shape index (κ3) is 7.46. The highest BCUT2D eigenvalue weighted by molar-refractivity contribution is 5.85. The predicted molar refractivity (Wildman–Crippen MR) is 92.5 cm³/mol. The van der Waals surface area contributed by atoms with Gasteiger partial charge in [-0.2, -0.15) is 0 Å². The van der Waals surface area contributed by atoms with E-state index < -0.39 is 12.1 Å². The van der Waals surface area contributed by atoms with Crippen molar-refractivity contribution in [1.82, 2.24) is 10.6 Å². The summed E-state index contributed by atoms with van der Waals surface area (Å²) in [5.74, 6) is -0.186. The number of rotatable bonds is 10. The lowest BCUT2D eigenvalue weighted by molar-refractivity contribution is -0.124. The van der Waals surface area contributed by atoms with Crippen molar-refractivity contribution in [3.8, 4) is 0 Å². The van der Waals surface area contributed by atoms with Crippen LogP contribution in [0, 0.1) is 5.92 Å². The largest absolute Gasteiger partial charge is 0.445 e. The van der Waals surface area contributed by atoms with Crippen molar-refractivity contribution >= 4 is 12.0 Å². The van der Waals surface area contributed by atoms with Gasteiger partial charge in [-0.1, -0.05) is 50.6 Å². The zero-order chi connectivity index (χ0) is 17.8. The molecular weight excluding hydrogens is 308 g/mol. The van der Waals surface area contributed by atoms with Crippen molar-refractivity contribution in [2.75, 3.05) is 20.3 Å². The van der Waals surface area contributed by atoms with Gasteiger partial charge in [0.15, 0.2) is 0 Å². The van der Waals surface area contributed by atoms with E-state index in [9.17, 15) is 9.59 Å². The highest BCUT2D eigenvalue weighted by Crippen LogP contribution is 2.09. The van der Waals surface area contributed by atoms with E-state index in [1.807, 2.05) is 44.2 Å². The zero-order valence-electron chi connectivity index (χ0n) is 14.7. The van der Waals surface area contributed by atoms with Gasteiger partial charge in [-0.3, -0.25) is 4.79 Å². The minimum absolute atomic E-state index is 0.0108. The minimum Gasteiger partial charge on any atom is -0.445 e. The Morgan fingerprint density at radius 3 is 2.54 bits per heavy atom. The number of nitrogens with one attached hydrogen (secondary N) is 2. The van der Waals surface area contributed by atoms with E-state index in [0.29, 0.717) is 13.2 Å². The van der Waals surface area contributed by atoms with Crippen molar-refractivity contribution in [3.05, 3.63) is 35.9 Å². The highest BCUT2D eigenvalue weighted by Gasteiger charge is 2.26. The van der Waals surface area contributed by atoms with Crippen LogP contribution in [0.1, 0.15) is 32.3 Å². The second-order valence-corrected chi connectivity index (χ2v) is 5.71. The van der Waals surface area contributed by atoms with E-state index in [4.69, 9.17) is 9.47 Å². The number of amides is 2. The van der Waals surface area contributed by atoms with Gasteiger partial charge in [0.1, 0.15) is 12.6 Å². The van der Waals surface area contributed by atoms with Gasteiger partial charge < -0.3 is 20.1 Å². The van der Waals surface area contributed by atoms with E-state index in [2.05, 4.69) is 10.6 Å². The molecule has 1 aromatic rings. The van der Waals surface area contributed by atoms with Gasteiger partial charge in [0.2, 0.25) is 5.91 Å². The van der Waals surface area contributed by atoms with Crippen LogP contribution in [0.2, 0.25) is 0 Å². The number of benzene rings is 1. The molecule has 1 rings (SSSR count). The second kappa shape index (κ2) is 11.5. The first kappa shape index (κ1) is 20.0. The van der Waals surface area contributed by atoms with Crippen LogP contribution in [0.15, 0.2) is 30.3 Å². The summed E-state index contributed by atoms with van der Waals surface area (Å²) in [4.78, 5) is 24.3. The van der Waals surface area contributed by atoms with E-state index in [0.717, 1.165) is 18.4 Å². The van der Waals surface area contributed by atoms with Crippen LogP contribution in [0.25, 0.3) is 0 Å². The van der Waals surface area contributed by atoms with Crippen molar-refractivity contribution < 1.29 is 19.1 Å². The molecule has 0 radical (unpaired) electrons. The van der Waals surface area contributed by atoms with Crippen LogP contribution in [-0.4, -0.2) is 38.3 Å². The fourth-order valence-electron chi connectivity index (χ4n) is 2.13. The van der Waals surface area contributed by atoms with E-state index >= 15 is 0 Å². The first-order chi connectivity index (χ1) is 11.6. The van der Waals surface area contributed by atoms with Gasteiger partial charge in [0.05, 0.1) is 0 Å². The highest BCUT2D eigenvalue weighted by atomic mass is 16.5. The summed E-state index contributed by atoms with van der Waals surface area (Å²) in [5, 5.41) is 5.50. The number of hydrogen-bond acceptors (Lipinski definition) is 4. The van der Waals surface area contributed by atoms with Gasteiger partial charge in [-0.25, -0.2) is 4.79 Å². The van der Waals surface area contributed by atoms with Crippen molar-refractivity contribution in [3.63, 3.8) is 0 Å². The number of alkyl carbamates (subject to hydrolysis) is 1. The summed E-state index contributed by atoms with van der Waals surface area (Å²) >= 11 is 0. The third-order valence-corrected chi connectivity index (χ3v) is 3.81. The van der Waals surface area contributed by atoms with Crippen LogP contribution >= 0.6 is 0 Å². The Bertz CT molecular complexity index is 493. The lowest BCUT2D eigenvalue weighted by Crippen LogP contribution is -2.50. The van der Waals surface area contributed by atoms with Crippen LogP contribution in [0.3, 0.4) is 0 Å². The molecule has 1 aromatic carbocycles. The van der Waals surface area contributed by atoms with Crippen LogP contribution in [-0.2, 0) is 20.9 Å². The molecule has 0 aliphatic carbocycles. The van der Waals surface area contributed by atoms with Crippen LogP contribution < -0.4 is 10.6 Å². The van der Waals surface area contributed by atoms with Gasteiger partial charge in [-0.15, -0.1) is 0 Å². The van der Waals surface area contributed by atoms with Crippen LogP contribution in [0.4, 0.5) is 4.79 Å². The molecule has 2 amide bonds. The summed E-state index contributed by atoms with van der Waals surface area (Å²) in [6, 6.07) is 8.80. The standard InChI is InChI=1S/C18H28N2O4/c1-4-14(2)16(17(21)19-11-8-12-23-3)20-18(22)24-13-15-9-6-5-7-10-15/h5-7,9-10,14,16H,4,8,11-13H2,1-3H3,(H,19,21)(H,20,22)/t14-,16-/m0/s1. The van der Waals surface area contributed by atoms with Gasteiger partial charge >= 0.3 is 6.09 Å². The van der Waals surface area contributed by atoms with Gasteiger partial charge in [0, 0.05) is 20.3 Å². The summed E-state index contributed by atoms with van der Waals surface area (Å²) in [6.07, 6.45) is 0.916. The molecule has 0 bridgehead atoms. The average molecular weight is 336 g/mol. The Morgan fingerprint density at radius 2 is 1.92 bits per heavy atom. The Morgan fingerprint density at radius 1 is 1.21 bits per heavy atom. The molecule has 24 heavy (non-hydrogen) atoms. The molecule has 2 N–H and O–H groups in total. The molecule has 0 spiro atoms. The molecule has 0 aromatic heterocycles. The quantitative estimate of drug-likeness (QED) is 0.644. The normalized spacial score (nSPS) is 13.0. The number of carbonyl (C=O) groups is 2. The maximum absolute atomic E-state index is 12.3. The Labute approximate surface area is 143 Å². The zero-order valence-corrected chi connectivity index (χ0v) is 14.7.